The summed E-state index contributed by atoms with van der Waals surface area (Å²) in [5.41, 5.74) is 0.686. The molecule has 0 spiro atoms. The first-order chi connectivity index (χ1) is 13.2. The van der Waals surface area contributed by atoms with E-state index in [2.05, 4.69) is 4.98 Å². The number of aromatic nitrogens is 2. The third kappa shape index (κ3) is 3.66. The van der Waals surface area contributed by atoms with E-state index in [1.807, 2.05) is 27.7 Å². The van der Waals surface area contributed by atoms with Crippen LogP contribution < -0.4 is 5.56 Å². The Balaban J connectivity index is 1.83. The van der Waals surface area contributed by atoms with E-state index in [-0.39, 0.29) is 29.1 Å². The van der Waals surface area contributed by atoms with Crippen LogP contribution in [0.1, 0.15) is 57.2 Å². The number of carbonyl (C=O) groups excluding carboxylic acids is 2. The number of fused-ring (bicyclic) bond motifs is 2. The van der Waals surface area contributed by atoms with Gasteiger partial charge >= 0.3 is 5.97 Å². The molecule has 28 heavy (non-hydrogen) atoms. The molecule has 0 unspecified atom stereocenters. The maximum atomic E-state index is 12.7. The first-order valence-corrected chi connectivity index (χ1v) is 9.77. The minimum Gasteiger partial charge on any atom is -0.449 e. The SMILES string of the molecule is CC(C)N(C(=O)[C@H](C)OC(=O)c1ccc2c(=O)n3c(nc2c1)CCC3)C(C)C. The molecule has 1 aromatic carbocycles. The molecular weight excluding hydrogens is 358 g/mol. The second-order valence-electron chi connectivity index (χ2n) is 7.80. The number of benzene rings is 1. The lowest BCUT2D eigenvalue weighted by Crippen LogP contribution is -2.47. The second kappa shape index (κ2) is 7.73. The molecule has 0 fully saturated rings. The predicted octanol–water partition coefficient (Wildman–Crippen LogP) is 2.53. The van der Waals surface area contributed by atoms with Crippen molar-refractivity contribution in [3.05, 3.63) is 39.9 Å². The van der Waals surface area contributed by atoms with Crippen molar-refractivity contribution in [1.82, 2.24) is 14.5 Å². The van der Waals surface area contributed by atoms with Gasteiger partial charge in [0, 0.05) is 25.0 Å². The Labute approximate surface area is 164 Å². The molecular formula is C21H27N3O4. The number of hydrogen-bond donors (Lipinski definition) is 0. The van der Waals surface area contributed by atoms with Gasteiger partial charge in [-0.15, -0.1) is 0 Å². The zero-order valence-corrected chi connectivity index (χ0v) is 17.1. The summed E-state index contributed by atoms with van der Waals surface area (Å²) in [6.45, 7) is 9.98. The molecule has 0 saturated heterocycles. The number of ether oxygens (including phenoxy) is 1. The molecule has 2 aromatic rings. The van der Waals surface area contributed by atoms with Crippen LogP contribution >= 0.6 is 0 Å². The molecule has 1 aliphatic rings. The van der Waals surface area contributed by atoms with Gasteiger partial charge in [0.25, 0.3) is 11.5 Å². The van der Waals surface area contributed by atoms with Crippen LogP contribution in [0, 0.1) is 0 Å². The Morgan fingerprint density at radius 3 is 2.46 bits per heavy atom. The van der Waals surface area contributed by atoms with E-state index in [1.54, 1.807) is 34.6 Å². The summed E-state index contributed by atoms with van der Waals surface area (Å²) < 4.78 is 7.10. The van der Waals surface area contributed by atoms with Gasteiger partial charge in [-0.2, -0.15) is 0 Å². The molecule has 1 atom stereocenters. The second-order valence-corrected chi connectivity index (χ2v) is 7.80. The lowest BCUT2D eigenvalue weighted by Gasteiger charge is -2.32. The van der Waals surface area contributed by atoms with Crippen molar-refractivity contribution in [1.29, 1.82) is 0 Å². The normalized spacial score (nSPS) is 14.4. The van der Waals surface area contributed by atoms with Gasteiger partial charge in [0.05, 0.1) is 16.5 Å². The summed E-state index contributed by atoms with van der Waals surface area (Å²) in [6, 6.07) is 4.74. The molecule has 2 heterocycles. The lowest BCUT2D eigenvalue weighted by atomic mass is 10.1. The van der Waals surface area contributed by atoms with Gasteiger partial charge in [-0.05, 0) is 59.2 Å². The lowest BCUT2D eigenvalue weighted by molar-refractivity contribution is -0.143. The van der Waals surface area contributed by atoms with E-state index < -0.39 is 12.1 Å². The van der Waals surface area contributed by atoms with Crippen molar-refractivity contribution in [2.24, 2.45) is 0 Å². The van der Waals surface area contributed by atoms with E-state index >= 15 is 0 Å². The van der Waals surface area contributed by atoms with Gasteiger partial charge < -0.3 is 9.64 Å². The monoisotopic (exact) mass is 385 g/mol. The largest absolute Gasteiger partial charge is 0.449 e. The van der Waals surface area contributed by atoms with E-state index in [4.69, 9.17) is 4.74 Å². The molecule has 0 N–H and O–H groups in total. The Kier molecular flexibility index (Phi) is 5.54. The van der Waals surface area contributed by atoms with Crippen molar-refractivity contribution in [3.63, 3.8) is 0 Å². The van der Waals surface area contributed by atoms with Crippen molar-refractivity contribution >= 4 is 22.8 Å². The summed E-state index contributed by atoms with van der Waals surface area (Å²) in [4.78, 5) is 44.0. The molecule has 0 aliphatic carbocycles. The fraction of sp³-hybridized carbons (Fsp3) is 0.524. The maximum absolute atomic E-state index is 12.7. The third-order valence-electron chi connectivity index (χ3n) is 5.05. The van der Waals surface area contributed by atoms with Gasteiger partial charge in [-0.3, -0.25) is 14.2 Å². The van der Waals surface area contributed by atoms with E-state index in [0.29, 0.717) is 17.4 Å². The Morgan fingerprint density at radius 2 is 1.82 bits per heavy atom. The summed E-state index contributed by atoms with van der Waals surface area (Å²) in [7, 11) is 0. The molecule has 1 amide bonds. The van der Waals surface area contributed by atoms with Gasteiger partial charge in [0.1, 0.15) is 5.82 Å². The fourth-order valence-corrected chi connectivity index (χ4v) is 3.80. The summed E-state index contributed by atoms with van der Waals surface area (Å²) >= 11 is 0. The number of aryl methyl sites for hydroxylation is 1. The number of amides is 1. The van der Waals surface area contributed by atoms with Crippen LogP contribution in [0.3, 0.4) is 0 Å². The predicted molar refractivity (Wildman–Crippen MR) is 106 cm³/mol. The van der Waals surface area contributed by atoms with E-state index in [1.165, 1.54) is 0 Å². The summed E-state index contributed by atoms with van der Waals surface area (Å²) in [6.07, 6.45) is 0.757. The van der Waals surface area contributed by atoms with Crippen LogP contribution in [0.15, 0.2) is 23.0 Å². The number of esters is 1. The average Bonchev–Trinajstić information content (AvgIpc) is 3.09. The van der Waals surface area contributed by atoms with Crippen LogP contribution in [0.2, 0.25) is 0 Å². The summed E-state index contributed by atoms with van der Waals surface area (Å²) in [5, 5.41) is 0.483. The molecule has 150 valence electrons. The molecule has 0 saturated carbocycles. The molecule has 7 nitrogen and oxygen atoms in total. The zero-order chi connectivity index (χ0) is 20.6. The number of hydrogen-bond acceptors (Lipinski definition) is 5. The highest BCUT2D eigenvalue weighted by Gasteiger charge is 2.28. The Bertz CT molecular complexity index is 970. The Morgan fingerprint density at radius 1 is 1.14 bits per heavy atom. The highest BCUT2D eigenvalue weighted by atomic mass is 16.5. The molecule has 3 rings (SSSR count). The Hall–Kier alpha value is -2.70. The van der Waals surface area contributed by atoms with Crippen LogP contribution in [-0.2, 0) is 22.5 Å². The quantitative estimate of drug-likeness (QED) is 0.739. The van der Waals surface area contributed by atoms with Crippen molar-refractivity contribution in [2.75, 3.05) is 0 Å². The van der Waals surface area contributed by atoms with Gasteiger partial charge in [0.15, 0.2) is 6.10 Å². The average molecular weight is 385 g/mol. The van der Waals surface area contributed by atoms with Crippen LogP contribution in [0.25, 0.3) is 10.9 Å². The van der Waals surface area contributed by atoms with Gasteiger partial charge in [0.2, 0.25) is 0 Å². The number of rotatable bonds is 5. The van der Waals surface area contributed by atoms with Crippen LogP contribution in [0.5, 0.6) is 0 Å². The zero-order valence-electron chi connectivity index (χ0n) is 17.1. The van der Waals surface area contributed by atoms with Gasteiger partial charge in [-0.25, -0.2) is 9.78 Å². The molecule has 0 bridgehead atoms. The topological polar surface area (TPSA) is 81.5 Å². The van der Waals surface area contributed by atoms with Gasteiger partial charge in [-0.1, -0.05) is 0 Å². The fourth-order valence-electron chi connectivity index (χ4n) is 3.80. The number of carbonyl (C=O) groups is 2. The molecule has 0 radical (unpaired) electrons. The molecule has 1 aliphatic heterocycles. The molecule has 7 heteroatoms. The van der Waals surface area contributed by atoms with E-state index in [0.717, 1.165) is 18.7 Å². The van der Waals surface area contributed by atoms with Crippen molar-refractivity contribution < 1.29 is 14.3 Å². The highest BCUT2D eigenvalue weighted by Crippen LogP contribution is 2.18. The van der Waals surface area contributed by atoms with Crippen LogP contribution in [-0.4, -0.2) is 44.5 Å². The van der Waals surface area contributed by atoms with Crippen molar-refractivity contribution in [3.8, 4) is 0 Å². The smallest absolute Gasteiger partial charge is 0.338 e. The highest BCUT2D eigenvalue weighted by molar-refractivity contribution is 5.95. The number of nitrogens with zero attached hydrogens (tertiary/aromatic N) is 3. The molecule has 1 aromatic heterocycles. The van der Waals surface area contributed by atoms with E-state index in [9.17, 15) is 14.4 Å². The minimum absolute atomic E-state index is 0.00795. The van der Waals surface area contributed by atoms with Crippen molar-refractivity contribution in [2.45, 2.75) is 72.2 Å². The maximum Gasteiger partial charge on any atom is 0.338 e. The first kappa shape index (κ1) is 20.0. The minimum atomic E-state index is -0.897. The standard InChI is InChI=1S/C21H27N3O4/c1-12(2)24(13(3)4)19(25)14(5)28-21(27)15-8-9-16-17(11-15)22-18-7-6-10-23(18)20(16)26/h8-9,11-14H,6-7,10H2,1-5H3/t14-/m0/s1. The third-order valence-corrected chi connectivity index (χ3v) is 5.05. The summed E-state index contributed by atoms with van der Waals surface area (Å²) in [5.74, 6) is -0.0815. The first-order valence-electron chi connectivity index (χ1n) is 9.77. The van der Waals surface area contributed by atoms with Crippen LogP contribution in [0.4, 0.5) is 0 Å².